The number of hydrogen-bond acceptors (Lipinski definition) is 4. The normalized spacial score (nSPS) is 16.4. The Bertz CT molecular complexity index is 633. The Morgan fingerprint density at radius 3 is 2.80 bits per heavy atom. The zero-order valence-corrected chi connectivity index (χ0v) is 14.7. The van der Waals surface area contributed by atoms with Gasteiger partial charge in [-0.3, -0.25) is 14.4 Å². The molecular weight excluding hydrogens is 322 g/mol. The highest BCUT2D eigenvalue weighted by Gasteiger charge is 2.30. The smallest absolute Gasteiger partial charge is 0.260 e. The molecular formula is C18H25N3O4. The van der Waals surface area contributed by atoms with E-state index >= 15 is 0 Å². The van der Waals surface area contributed by atoms with Gasteiger partial charge in [-0.05, 0) is 25.5 Å². The number of carbonyl (C=O) groups excluding carboxylic acids is 3. The van der Waals surface area contributed by atoms with E-state index in [1.807, 2.05) is 6.92 Å². The molecule has 1 aromatic carbocycles. The maximum atomic E-state index is 12.3. The highest BCUT2D eigenvalue weighted by atomic mass is 16.5. The first-order chi connectivity index (χ1) is 12.0. The molecule has 1 aliphatic heterocycles. The Balaban J connectivity index is 1.83. The lowest BCUT2D eigenvalue weighted by molar-refractivity contribution is -0.132. The molecule has 0 spiro atoms. The van der Waals surface area contributed by atoms with E-state index in [0.29, 0.717) is 43.9 Å². The van der Waals surface area contributed by atoms with Crippen molar-refractivity contribution < 1.29 is 19.1 Å². The summed E-state index contributed by atoms with van der Waals surface area (Å²) in [4.78, 5) is 37.2. The average molecular weight is 347 g/mol. The van der Waals surface area contributed by atoms with Crippen molar-refractivity contribution in [1.29, 1.82) is 0 Å². The molecule has 1 atom stereocenters. The molecule has 1 fully saturated rings. The van der Waals surface area contributed by atoms with Crippen molar-refractivity contribution in [3.8, 4) is 5.75 Å². The Morgan fingerprint density at radius 2 is 2.08 bits per heavy atom. The first-order valence-electron chi connectivity index (χ1n) is 8.61. The minimum Gasteiger partial charge on any atom is -0.484 e. The zero-order chi connectivity index (χ0) is 18.2. The van der Waals surface area contributed by atoms with Crippen LogP contribution >= 0.6 is 0 Å². The highest BCUT2D eigenvalue weighted by molar-refractivity contribution is 5.90. The van der Waals surface area contributed by atoms with E-state index in [1.54, 1.807) is 36.1 Å². The number of hydrogen-bond donors (Lipinski definition) is 2. The van der Waals surface area contributed by atoms with Crippen molar-refractivity contribution in [2.75, 3.05) is 31.6 Å². The van der Waals surface area contributed by atoms with Gasteiger partial charge in [0.15, 0.2) is 6.61 Å². The highest BCUT2D eigenvalue weighted by Crippen LogP contribution is 2.19. The van der Waals surface area contributed by atoms with Crippen LogP contribution in [0.5, 0.6) is 5.75 Å². The molecule has 1 unspecified atom stereocenters. The number of nitrogens with one attached hydrogen (secondary N) is 2. The summed E-state index contributed by atoms with van der Waals surface area (Å²) in [6, 6.07) is 6.93. The molecule has 1 heterocycles. The molecule has 2 N–H and O–H groups in total. The molecule has 25 heavy (non-hydrogen) atoms. The Hall–Kier alpha value is -2.57. The SMILES string of the molecule is CCNC(=O)C1CCN(C(=O)COc2cccc(NC(=O)CC)c2)C1. The van der Waals surface area contributed by atoms with Crippen molar-refractivity contribution in [2.24, 2.45) is 5.92 Å². The third-order valence-electron chi connectivity index (χ3n) is 4.06. The first-order valence-corrected chi connectivity index (χ1v) is 8.61. The van der Waals surface area contributed by atoms with Gasteiger partial charge < -0.3 is 20.3 Å². The van der Waals surface area contributed by atoms with Gasteiger partial charge in [-0.1, -0.05) is 13.0 Å². The molecule has 0 bridgehead atoms. The molecule has 0 radical (unpaired) electrons. The maximum Gasteiger partial charge on any atom is 0.260 e. The Labute approximate surface area is 147 Å². The summed E-state index contributed by atoms with van der Waals surface area (Å²) in [7, 11) is 0. The fourth-order valence-electron chi connectivity index (χ4n) is 2.67. The fraction of sp³-hybridized carbons (Fsp3) is 0.500. The summed E-state index contributed by atoms with van der Waals surface area (Å²) in [6.45, 7) is 5.15. The van der Waals surface area contributed by atoms with Crippen LogP contribution in [0.25, 0.3) is 0 Å². The Morgan fingerprint density at radius 1 is 1.28 bits per heavy atom. The van der Waals surface area contributed by atoms with Gasteiger partial charge in [0.05, 0.1) is 5.92 Å². The number of amides is 3. The van der Waals surface area contributed by atoms with Gasteiger partial charge in [0.2, 0.25) is 11.8 Å². The lowest BCUT2D eigenvalue weighted by Gasteiger charge is -2.17. The summed E-state index contributed by atoms with van der Waals surface area (Å²) in [6.07, 6.45) is 1.07. The van der Waals surface area contributed by atoms with Crippen molar-refractivity contribution >= 4 is 23.4 Å². The molecule has 7 heteroatoms. The molecule has 0 aliphatic carbocycles. The van der Waals surface area contributed by atoms with Crippen LogP contribution in [0.2, 0.25) is 0 Å². The third-order valence-corrected chi connectivity index (χ3v) is 4.06. The second-order valence-corrected chi connectivity index (χ2v) is 5.94. The topological polar surface area (TPSA) is 87.7 Å². The van der Waals surface area contributed by atoms with Gasteiger partial charge >= 0.3 is 0 Å². The molecule has 1 saturated heterocycles. The van der Waals surface area contributed by atoms with Gasteiger partial charge in [-0.2, -0.15) is 0 Å². The number of nitrogens with zero attached hydrogens (tertiary/aromatic N) is 1. The molecule has 1 aromatic rings. The molecule has 0 aromatic heterocycles. The number of ether oxygens (including phenoxy) is 1. The van der Waals surface area contributed by atoms with Crippen LogP contribution in [0.15, 0.2) is 24.3 Å². The minimum absolute atomic E-state index is 0.00177. The van der Waals surface area contributed by atoms with Crippen LogP contribution < -0.4 is 15.4 Å². The van der Waals surface area contributed by atoms with Crippen molar-refractivity contribution in [1.82, 2.24) is 10.2 Å². The Kier molecular flexibility index (Phi) is 6.80. The van der Waals surface area contributed by atoms with Crippen LogP contribution in [-0.4, -0.2) is 48.9 Å². The van der Waals surface area contributed by atoms with Crippen LogP contribution in [0.1, 0.15) is 26.7 Å². The maximum absolute atomic E-state index is 12.3. The van der Waals surface area contributed by atoms with E-state index in [0.717, 1.165) is 0 Å². The number of anilines is 1. The summed E-state index contributed by atoms with van der Waals surface area (Å²) < 4.78 is 5.54. The van der Waals surface area contributed by atoms with Gasteiger partial charge in [0.1, 0.15) is 5.75 Å². The predicted octanol–water partition coefficient (Wildman–Crippen LogP) is 1.40. The lowest BCUT2D eigenvalue weighted by Crippen LogP contribution is -2.36. The van der Waals surface area contributed by atoms with E-state index in [9.17, 15) is 14.4 Å². The summed E-state index contributed by atoms with van der Waals surface area (Å²) in [5.41, 5.74) is 0.634. The first kappa shape index (κ1) is 18.8. The van der Waals surface area contributed by atoms with E-state index in [-0.39, 0.29) is 30.2 Å². The van der Waals surface area contributed by atoms with Crippen LogP contribution in [-0.2, 0) is 14.4 Å². The number of rotatable bonds is 7. The summed E-state index contributed by atoms with van der Waals surface area (Å²) in [5.74, 6) is 0.146. The predicted molar refractivity (Wildman–Crippen MR) is 94.2 cm³/mol. The zero-order valence-electron chi connectivity index (χ0n) is 14.7. The van der Waals surface area contributed by atoms with Gasteiger partial charge in [0, 0.05) is 37.8 Å². The number of carbonyl (C=O) groups is 3. The summed E-state index contributed by atoms with van der Waals surface area (Å²) in [5, 5.41) is 5.53. The van der Waals surface area contributed by atoms with Gasteiger partial charge in [-0.15, -0.1) is 0 Å². The molecule has 1 aliphatic rings. The molecule has 0 saturated carbocycles. The van der Waals surface area contributed by atoms with Crippen LogP contribution in [0, 0.1) is 5.92 Å². The van der Waals surface area contributed by atoms with Crippen LogP contribution in [0.3, 0.4) is 0 Å². The molecule has 7 nitrogen and oxygen atoms in total. The van der Waals surface area contributed by atoms with E-state index in [4.69, 9.17) is 4.74 Å². The monoisotopic (exact) mass is 347 g/mol. The van der Waals surface area contributed by atoms with Gasteiger partial charge in [-0.25, -0.2) is 0 Å². The van der Waals surface area contributed by atoms with Crippen LogP contribution in [0.4, 0.5) is 5.69 Å². The van der Waals surface area contributed by atoms with Crippen molar-refractivity contribution in [3.05, 3.63) is 24.3 Å². The quantitative estimate of drug-likeness (QED) is 0.780. The van der Waals surface area contributed by atoms with E-state index in [2.05, 4.69) is 10.6 Å². The standard InChI is InChI=1S/C18H25N3O4/c1-3-16(22)20-14-6-5-7-15(10-14)25-12-17(23)21-9-8-13(11-21)18(24)19-4-2/h5-7,10,13H,3-4,8-9,11-12H2,1-2H3,(H,19,24)(H,20,22). The second-order valence-electron chi connectivity index (χ2n) is 5.94. The molecule has 2 rings (SSSR count). The number of likely N-dealkylation sites (tertiary alicyclic amines) is 1. The average Bonchev–Trinajstić information content (AvgIpc) is 3.10. The second kappa shape index (κ2) is 9.05. The molecule has 136 valence electrons. The van der Waals surface area contributed by atoms with E-state index in [1.165, 1.54) is 0 Å². The lowest BCUT2D eigenvalue weighted by atomic mass is 10.1. The fourth-order valence-corrected chi connectivity index (χ4v) is 2.67. The largest absolute Gasteiger partial charge is 0.484 e. The van der Waals surface area contributed by atoms with Crippen molar-refractivity contribution in [2.45, 2.75) is 26.7 Å². The summed E-state index contributed by atoms with van der Waals surface area (Å²) >= 11 is 0. The third kappa shape index (κ3) is 5.48. The van der Waals surface area contributed by atoms with E-state index < -0.39 is 0 Å². The minimum atomic E-state index is -0.144. The molecule has 3 amide bonds. The van der Waals surface area contributed by atoms with Crippen molar-refractivity contribution in [3.63, 3.8) is 0 Å². The number of benzene rings is 1. The van der Waals surface area contributed by atoms with Gasteiger partial charge in [0.25, 0.3) is 5.91 Å².